The van der Waals surface area contributed by atoms with E-state index in [4.69, 9.17) is 4.52 Å². The Hall–Kier alpha value is -1.17. The van der Waals surface area contributed by atoms with E-state index in [9.17, 15) is 0 Å². The van der Waals surface area contributed by atoms with Crippen molar-refractivity contribution in [2.45, 2.75) is 34.1 Å². The molecule has 0 fully saturated rings. The molecular formula is C19H25OP. The highest BCUT2D eigenvalue weighted by molar-refractivity contribution is 7.68. The van der Waals surface area contributed by atoms with Gasteiger partial charge in [-0.15, -0.1) is 0 Å². The molecule has 0 N–H and O–H groups in total. The topological polar surface area (TPSA) is 9.23 Å². The molecule has 0 saturated carbocycles. The van der Waals surface area contributed by atoms with Gasteiger partial charge in [0.15, 0.2) is 0 Å². The van der Waals surface area contributed by atoms with Gasteiger partial charge in [0.05, 0.1) is 14.8 Å². The molecule has 0 atom stereocenters. The average Bonchev–Trinajstić information content (AvgIpc) is 2.46. The molecule has 0 saturated heterocycles. The van der Waals surface area contributed by atoms with E-state index in [2.05, 4.69) is 76.2 Å². The summed E-state index contributed by atoms with van der Waals surface area (Å²) < 4.78 is 6.27. The summed E-state index contributed by atoms with van der Waals surface area (Å²) in [5.74, 6) is 0.679. The Labute approximate surface area is 130 Å². The lowest BCUT2D eigenvalue weighted by Crippen LogP contribution is -2.15. The lowest BCUT2D eigenvalue weighted by molar-refractivity contribution is 0.324. The van der Waals surface area contributed by atoms with Crippen LogP contribution < -0.4 is 10.6 Å². The van der Waals surface area contributed by atoms with Crippen LogP contribution in [0.2, 0.25) is 0 Å². The van der Waals surface area contributed by atoms with Gasteiger partial charge in [-0.25, -0.2) is 0 Å². The quantitative estimate of drug-likeness (QED) is 0.702. The standard InChI is InChI=1S/C19H25OP/c1-15(2)13-14-20-21(18-9-5-16(3)6-10-18)19-11-7-17(4)8-12-19/h5-12,15H,13-14H2,1-4H3. The molecule has 0 bridgehead atoms. The zero-order valence-corrected chi connectivity index (χ0v) is 14.4. The van der Waals surface area contributed by atoms with Crippen LogP contribution in [0.1, 0.15) is 31.4 Å². The first-order valence-corrected chi connectivity index (χ1v) is 8.88. The SMILES string of the molecule is Cc1ccc(P(OCCC(C)C)c2ccc(C)cc2)cc1. The van der Waals surface area contributed by atoms with Crippen molar-refractivity contribution in [2.75, 3.05) is 6.61 Å². The molecular weight excluding hydrogens is 275 g/mol. The van der Waals surface area contributed by atoms with Crippen LogP contribution in [0, 0.1) is 19.8 Å². The van der Waals surface area contributed by atoms with Crippen molar-refractivity contribution in [3.8, 4) is 0 Å². The van der Waals surface area contributed by atoms with Gasteiger partial charge in [-0.1, -0.05) is 73.5 Å². The first kappa shape index (κ1) is 16.2. The van der Waals surface area contributed by atoms with Crippen LogP contribution in [0.25, 0.3) is 0 Å². The number of rotatable bonds is 6. The maximum atomic E-state index is 6.27. The van der Waals surface area contributed by atoms with Gasteiger partial charge in [-0.3, -0.25) is 0 Å². The lowest BCUT2D eigenvalue weighted by atomic mass is 10.2. The number of hydrogen-bond donors (Lipinski definition) is 0. The summed E-state index contributed by atoms with van der Waals surface area (Å²) in [7, 11) is -0.706. The summed E-state index contributed by atoms with van der Waals surface area (Å²) in [6.45, 7) is 9.55. The Morgan fingerprint density at radius 1 is 0.810 bits per heavy atom. The predicted octanol–water partition coefficient (Wildman–Crippen LogP) is 4.71. The van der Waals surface area contributed by atoms with Crippen LogP contribution in [-0.4, -0.2) is 6.61 Å². The van der Waals surface area contributed by atoms with Crippen molar-refractivity contribution in [1.82, 2.24) is 0 Å². The van der Waals surface area contributed by atoms with Gasteiger partial charge in [-0.2, -0.15) is 0 Å². The summed E-state index contributed by atoms with van der Waals surface area (Å²) >= 11 is 0. The van der Waals surface area contributed by atoms with E-state index >= 15 is 0 Å². The van der Waals surface area contributed by atoms with E-state index in [0.717, 1.165) is 13.0 Å². The van der Waals surface area contributed by atoms with Gasteiger partial charge < -0.3 is 4.52 Å². The van der Waals surface area contributed by atoms with Crippen LogP contribution in [0.3, 0.4) is 0 Å². The molecule has 0 aliphatic heterocycles. The zero-order valence-electron chi connectivity index (χ0n) is 13.5. The molecule has 0 amide bonds. The maximum absolute atomic E-state index is 6.27. The van der Waals surface area contributed by atoms with E-state index in [1.165, 1.54) is 21.7 Å². The molecule has 0 unspecified atom stereocenters. The molecule has 2 rings (SSSR count). The first-order valence-electron chi connectivity index (χ1n) is 7.62. The molecule has 0 aliphatic rings. The fourth-order valence-electron chi connectivity index (χ4n) is 2.04. The predicted molar refractivity (Wildman–Crippen MR) is 94.0 cm³/mol. The van der Waals surface area contributed by atoms with Crippen LogP contribution >= 0.6 is 8.15 Å². The van der Waals surface area contributed by atoms with E-state index in [0.29, 0.717) is 5.92 Å². The fourth-order valence-corrected chi connectivity index (χ4v) is 3.76. The second-order valence-electron chi connectivity index (χ2n) is 5.98. The molecule has 2 aromatic rings. The Bertz CT molecular complexity index is 497. The highest BCUT2D eigenvalue weighted by Gasteiger charge is 2.15. The summed E-state index contributed by atoms with van der Waals surface area (Å²) in [4.78, 5) is 0. The molecule has 0 aliphatic carbocycles. The van der Waals surface area contributed by atoms with Crippen LogP contribution in [0.4, 0.5) is 0 Å². The third-order valence-corrected chi connectivity index (χ3v) is 5.43. The van der Waals surface area contributed by atoms with Gasteiger partial charge in [0.1, 0.15) is 0 Å². The van der Waals surface area contributed by atoms with Crippen LogP contribution in [0.15, 0.2) is 48.5 Å². The second kappa shape index (κ2) is 7.73. The number of hydrogen-bond acceptors (Lipinski definition) is 1. The minimum Gasteiger partial charge on any atom is -0.350 e. The van der Waals surface area contributed by atoms with Crippen LogP contribution in [-0.2, 0) is 4.52 Å². The Morgan fingerprint density at radius 3 is 1.62 bits per heavy atom. The van der Waals surface area contributed by atoms with E-state index in [-0.39, 0.29) is 0 Å². The fraction of sp³-hybridized carbons (Fsp3) is 0.368. The summed E-state index contributed by atoms with van der Waals surface area (Å²) in [6, 6.07) is 17.5. The van der Waals surface area contributed by atoms with Gasteiger partial charge in [0, 0.05) is 10.6 Å². The van der Waals surface area contributed by atoms with Gasteiger partial charge >= 0.3 is 0 Å². The molecule has 1 nitrogen and oxygen atoms in total. The Morgan fingerprint density at radius 2 is 1.24 bits per heavy atom. The normalized spacial score (nSPS) is 11.3. The highest BCUT2D eigenvalue weighted by atomic mass is 31.1. The molecule has 21 heavy (non-hydrogen) atoms. The van der Waals surface area contributed by atoms with E-state index in [1.807, 2.05) is 0 Å². The monoisotopic (exact) mass is 300 g/mol. The zero-order chi connectivity index (χ0) is 15.2. The Balaban J connectivity index is 2.21. The van der Waals surface area contributed by atoms with Crippen molar-refractivity contribution in [2.24, 2.45) is 5.92 Å². The van der Waals surface area contributed by atoms with Crippen LogP contribution in [0.5, 0.6) is 0 Å². The average molecular weight is 300 g/mol. The third kappa shape index (κ3) is 4.95. The molecule has 2 aromatic carbocycles. The smallest absolute Gasteiger partial charge is 0.0917 e. The van der Waals surface area contributed by atoms with Crippen molar-refractivity contribution in [3.05, 3.63) is 59.7 Å². The molecule has 0 spiro atoms. The second-order valence-corrected chi connectivity index (χ2v) is 7.86. The third-order valence-electron chi connectivity index (χ3n) is 3.45. The molecule has 112 valence electrons. The minimum absolute atomic E-state index is 0.679. The van der Waals surface area contributed by atoms with Gasteiger partial charge in [0.2, 0.25) is 0 Å². The number of benzene rings is 2. The van der Waals surface area contributed by atoms with Crippen molar-refractivity contribution in [1.29, 1.82) is 0 Å². The summed E-state index contributed by atoms with van der Waals surface area (Å²) in [6.07, 6.45) is 1.11. The Kier molecular flexibility index (Phi) is 5.96. The van der Waals surface area contributed by atoms with E-state index in [1.54, 1.807) is 0 Å². The molecule has 0 heterocycles. The van der Waals surface area contributed by atoms with Crippen molar-refractivity contribution in [3.63, 3.8) is 0 Å². The van der Waals surface area contributed by atoms with Gasteiger partial charge in [-0.05, 0) is 26.2 Å². The van der Waals surface area contributed by atoms with Crippen molar-refractivity contribution < 1.29 is 4.52 Å². The lowest BCUT2D eigenvalue weighted by Gasteiger charge is -2.19. The maximum Gasteiger partial charge on any atom is 0.0917 e. The molecule has 0 aromatic heterocycles. The summed E-state index contributed by atoms with van der Waals surface area (Å²) in [5, 5.41) is 2.59. The first-order chi connectivity index (χ1) is 10.1. The molecule has 2 heteroatoms. The minimum atomic E-state index is -0.706. The number of aryl methyl sites for hydroxylation is 2. The largest absolute Gasteiger partial charge is 0.350 e. The molecule has 0 radical (unpaired) electrons. The van der Waals surface area contributed by atoms with Gasteiger partial charge in [0.25, 0.3) is 0 Å². The highest BCUT2D eigenvalue weighted by Crippen LogP contribution is 2.35. The van der Waals surface area contributed by atoms with E-state index < -0.39 is 8.15 Å². The summed E-state index contributed by atoms with van der Waals surface area (Å²) in [5.41, 5.74) is 2.58. The van der Waals surface area contributed by atoms with Crippen molar-refractivity contribution >= 4 is 18.8 Å².